The number of aryl methyl sites for hydroxylation is 1. The molecule has 0 radical (unpaired) electrons. The SMILES string of the molecule is COc1c(C)cnc(CC(O)c2cccc(Br)c2C)c1C. The maximum atomic E-state index is 10.5. The van der Waals surface area contributed by atoms with Crippen LogP contribution in [-0.4, -0.2) is 17.2 Å². The van der Waals surface area contributed by atoms with E-state index in [1.165, 1.54) is 0 Å². The van der Waals surface area contributed by atoms with Gasteiger partial charge in [0.05, 0.1) is 13.2 Å². The molecule has 0 spiro atoms. The fourth-order valence-corrected chi connectivity index (χ4v) is 2.94. The molecule has 1 N–H and O–H groups in total. The first-order valence-corrected chi connectivity index (χ1v) is 7.67. The second-order valence-corrected chi connectivity index (χ2v) is 6.07. The van der Waals surface area contributed by atoms with Gasteiger partial charge in [-0.15, -0.1) is 0 Å². The Hall–Kier alpha value is -1.39. The Kier molecular flexibility index (Phi) is 5.01. The summed E-state index contributed by atoms with van der Waals surface area (Å²) >= 11 is 3.50. The molecular formula is C17H20BrNO2. The molecule has 0 aliphatic rings. The number of aliphatic hydroxyl groups excluding tert-OH is 1. The van der Waals surface area contributed by atoms with Gasteiger partial charge < -0.3 is 9.84 Å². The zero-order chi connectivity index (χ0) is 15.6. The lowest BCUT2D eigenvalue weighted by Gasteiger charge is -2.17. The van der Waals surface area contributed by atoms with E-state index < -0.39 is 6.10 Å². The van der Waals surface area contributed by atoms with Crippen LogP contribution in [0, 0.1) is 20.8 Å². The number of aromatic nitrogens is 1. The summed E-state index contributed by atoms with van der Waals surface area (Å²) in [5, 5.41) is 10.5. The van der Waals surface area contributed by atoms with E-state index in [1.54, 1.807) is 13.3 Å². The van der Waals surface area contributed by atoms with Crippen molar-refractivity contribution in [1.29, 1.82) is 0 Å². The van der Waals surface area contributed by atoms with Crippen molar-refractivity contribution in [2.45, 2.75) is 33.3 Å². The first kappa shape index (κ1) is 16.0. The Morgan fingerprint density at radius 3 is 2.62 bits per heavy atom. The van der Waals surface area contributed by atoms with Gasteiger partial charge in [-0.1, -0.05) is 28.1 Å². The number of nitrogens with zero attached hydrogens (tertiary/aromatic N) is 1. The maximum absolute atomic E-state index is 10.5. The largest absolute Gasteiger partial charge is 0.496 e. The molecule has 0 aliphatic heterocycles. The van der Waals surface area contributed by atoms with Crippen LogP contribution in [-0.2, 0) is 6.42 Å². The average Bonchev–Trinajstić information content (AvgIpc) is 2.45. The van der Waals surface area contributed by atoms with E-state index in [1.807, 2.05) is 39.0 Å². The molecule has 1 aromatic heterocycles. The molecule has 2 aromatic rings. The summed E-state index contributed by atoms with van der Waals surface area (Å²) in [5.74, 6) is 0.846. The summed E-state index contributed by atoms with van der Waals surface area (Å²) < 4.78 is 6.42. The highest BCUT2D eigenvalue weighted by Crippen LogP contribution is 2.30. The van der Waals surface area contributed by atoms with E-state index >= 15 is 0 Å². The number of methoxy groups -OCH3 is 1. The van der Waals surface area contributed by atoms with Crippen LogP contribution in [0.3, 0.4) is 0 Å². The molecule has 0 bridgehead atoms. The third kappa shape index (κ3) is 3.27. The summed E-state index contributed by atoms with van der Waals surface area (Å²) in [7, 11) is 1.66. The van der Waals surface area contributed by atoms with Crippen molar-refractivity contribution in [2.24, 2.45) is 0 Å². The van der Waals surface area contributed by atoms with Gasteiger partial charge in [0.2, 0.25) is 0 Å². The smallest absolute Gasteiger partial charge is 0.128 e. The molecule has 112 valence electrons. The molecule has 0 saturated heterocycles. The van der Waals surface area contributed by atoms with Crippen LogP contribution in [0.2, 0.25) is 0 Å². The van der Waals surface area contributed by atoms with Crippen molar-refractivity contribution in [3.05, 3.63) is 56.8 Å². The summed E-state index contributed by atoms with van der Waals surface area (Å²) in [4.78, 5) is 4.45. The van der Waals surface area contributed by atoms with E-state index in [0.717, 1.165) is 38.2 Å². The predicted molar refractivity (Wildman–Crippen MR) is 87.8 cm³/mol. The highest BCUT2D eigenvalue weighted by Gasteiger charge is 2.17. The van der Waals surface area contributed by atoms with Crippen molar-refractivity contribution in [2.75, 3.05) is 7.11 Å². The average molecular weight is 350 g/mol. The van der Waals surface area contributed by atoms with Gasteiger partial charge in [-0.25, -0.2) is 0 Å². The predicted octanol–water partition coefficient (Wildman–Crippen LogP) is 4.05. The minimum absolute atomic E-state index is 0.472. The molecule has 1 unspecified atom stereocenters. The van der Waals surface area contributed by atoms with Crippen molar-refractivity contribution in [3.8, 4) is 5.75 Å². The van der Waals surface area contributed by atoms with Gasteiger partial charge in [-0.3, -0.25) is 4.98 Å². The summed E-state index contributed by atoms with van der Waals surface area (Å²) in [6, 6.07) is 5.86. The van der Waals surface area contributed by atoms with Crippen molar-refractivity contribution >= 4 is 15.9 Å². The van der Waals surface area contributed by atoms with Gasteiger partial charge >= 0.3 is 0 Å². The maximum Gasteiger partial charge on any atom is 0.128 e. The molecule has 0 fully saturated rings. The van der Waals surface area contributed by atoms with E-state index in [-0.39, 0.29) is 0 Å². The lowest BCUT2D eigenvalue weighted by Crippen LogP contribution is -2.08. The zero-order valence-corrected chi connectivity index (χ0v) is 14.4. The van der Waals surface area contributed by atoms with E-state index in [2.05, 4.69) is 20.9 Å². The lowest BCUT2D eigenvalue weighted by molar-refractivity contribution is 0.176. The number of benzene rings is 1. The van der Waals surface area contributed by atoms with Gasteiger partial charge in [0.1, 0.15) is 5.75 Å². The molecule has 4 heteroatoms. The van der Waals surface area contributed by atoms with Crippen LogP contribution in [0.5, 0.6) is 5.75 Å². The topological polar surface area (TPSA) is 42.4 Å². The van der Waals surface area contributed by atoms with Crippen LogP contribution < -0.4 is 4.74 Å². The standard InChI is InChI=1S/C17H20BrNO2/c1-10-9-19-15(12(3)17(10)21-4)8-16(20)13-6-5-7-14(18)11(13)2/h5-7,9,16,20H,8H2,1-4H3. The molecular weight excluding hydrogens is 330 g/mol. The van der Waals surface area contributed by atoms with Crippen LogP contribution >= 0.6 is 15.9 Å². The number of aliphatic hydroxyl groups is 1. The molecule has 0 aliphatic carbocycles. The Morgan fingerprint density at radius 1 is 1.24 bits per heavy atom. The number of pyridine rings is 1. The second kappa shape index (κ2) is 6.58. The van der Waals surface area contributed by atoms with Gasteiger partial charge in [0.25, 0.3) is 0 Å². The number of rotatable bonds is 4. The Morgan fingerprint density at radius 2 is 1.95 bits per heavy atom. The summed E-state index contributed by atoms with van der Waals surface area (Å²) in [6.45, 7) is 5.95. The molecule has 0 saturated carbocycles. The molecule has 1 aromatic carbocycles. The van der Waals surface area contributed by atoms with Crippen molar-refractivity contribution in [3.63, 3.8) is 0 Å². The molecule has 2 rings (SSSR count). The molecule has 1 atom stereocenters. The fraction of sp³-hybridized carbons (Fsp3) is 0.353. The third-order valence-electron chi connectivity index (χ3n) is 3.81. The highest BCUT2D eigenvalue weighted by molar-refractivity contribution is 9.10. The molecule has 0 amide bonds. The Bertz CT molecular complexity index is 655. The summed E-state index contributed by atoms with van der Waals surface area (Å²) in [5.41, 5.74) is 4.84. The number of hydrogen-bond acceptors (Lipinski definition) is 3. The van der Waals surface area contributed by atoms with Gasteiger partial charge in [-0.2, -0.15) is 0 Å². The minimum atomic E-state index is -0.582. The Balaban J connectivity index is 2.32. The monoisotopic (exact) mass is 349 g/mol. The highest BCUT2D eigenvalue weighted by atomic mass is 79.9. The quantitative estimate of drug-likeness (QED) is 0.905. The third-order valence-corrected chi connectivity index (χ3v) is 4.66. The van der Waals surface area contributed by atoms with Gasteiger partial charge in [0, 0.05) is 33.9 Å². The van der Waals surface area contributed by atoms with Crippen molar-refractivity contribution < 1.29 is 9.84 Å². The lowest BCUT2D eigenvalue weighted by atomic mass is 9.98. The first-order valence-electron chi connectivity index (χ1n) is 6.87. The number of halogens is 1. The summed E-state index contributed by atoms with van der Waals surface area (Å²) in [6.07, 6.45) is 1.68. The van der Waals surface area contributed by atoms with E-state index in [4.69, 9.17) is 4.74 Å². The van der Waals surface area contributed by atoms with Crippen molar-refractivity contribution in [1.82, 2.24) is 4.98 Å². The number of hydrogen-bond donors (Lipinski definition) is 1. The number of ether oxygens (including phenoxy) is 1. The second-order valence-electron chi connectivity index (χ2n) is 5.22. The minimum Gasteiger partial charge on any atom is -0.496 e. The zero-order valence-electron chi connectivity index (χ0n) is 12.8. The molecule has 21 heavy (non-hydrogen) atoms. The molecule has 1 heterocycles. The Labute approximate surface area is 134 Å². The normalized spacial score (nSPS) is 12.3. The van der Waals surface area contributed by atoms with Gasteiger partial charge in [0.15, 0.2) is 0 Å². The molecule has 3 nitrogen and oxygen atoms in total. The van der Waals surface area contributed by atoms with Crippen LogP contribution in [0.4, 0.5) is 0 Å². The van der Waals surface area contributed by atoms with Crippen LogP contribution in [0.1, 0.15) is 34.1 Å². The van der Waals surface area contributed by atoms with Crippen LogP contribution in [0.15, 0.2) is 28.9 Å². The van der Waals surface area contributed by atoms with E-state index in [0.29, 0.717) is 6.42 Å². The first-order chi connectivity index (χ1) is 9.95. The fourth-order valence-electron chi connectivity index (χ4n) is 2.56. The van der Waals surface area contributed by atoms with Gasteiger partial charge in [-0.05, 0) is 38.0 Å². The van der Waals surface area contributed by atoms with Crippen LogP contribution in [0.25, 0.3) is 0 Å². The van der Waals surface area contributed by atoms with E-state index in [9.17, 15) is 5.11 Å².